The Bertz CT molecular complexity index is 124. The van der Waals surface area contributed by atoms with E-state index in [1.54, 1.807) is 0 Å². The Hall–Kier alpha value is -0.0800. The van der Waals surface area contributed by atoms with Crippen LogP contribution < -0.4 is 5.32 Å². The van der Waals surface area contributed by atoms with Crippen LogP contribution in [-0.4, -0.2) is 37.6 Å². The van der Waals surface area contributed by atoms with Crippen molar-refractivity contribution in [3.63, 3.8) is 0 Å². The highest BCUT2D eigenvalue weighted by Gasteiger charge is 2.29. The summed E-state index contributed by atoms with van der Waals surface area (Å²) in [5.41, 5.74) is 0. The van der Waals surface area contributed by atoms with Gasteiger partial charge in [0.2, 0.25) is 0 Å². The Kier molecular flexibility index (Phi) is 2.14. The van der Waals surface area contributed by atoms with Crippen LogP contribution >= 0.6 is 0 Å². The van der Waals surface area contributed by atoms with E-state index in [0.29, 0.717) is 0 Å². The summed E-state index contributed by atoms with van der Waals surface area (Å²) in [6.45, 7) is 8.70. The molecule has 2 rings (SSSR count). The molecule has 0 aromatic heterocycles. The van der Waals surface area contributed by atoms with Gasteiger partial charge in [-0.3, -0.25) is 0 Å². The smallest absolute Gasteiger partial charge is 0.00219 e. The van der Waals surface area contributed by atoms with Crippen molar-refractivity contribution in [1.82, 2.24) is 10.2 Å². The lowest BCUT2D eigenvalue weighted by molar-refractivity contribution is 0.102. The molecule has 2 fully saturated rings. The van der Waals surface area contributed by atoms with Gasteiger partial charge in [-0.15, -0.1) is 0 Å². The SMILES string of the molecule is CCN1C[C@H]2CNC[C@@H](C2)C1. The Morgan fingerprint density at radius 3 is 2.45 bits per heavy atom. The summed E-state index contributed by atoms with van der Waals surface area (Å²) in [6, 6.07) is 0. The minimum atomic E-state index is 0.947. The van der Waals surface area contributed by atoms with E-state index in [0.717, 1.165) is 11.8 Å². The van der Waals surface area contributed by atoms with Gasteiger partial charge in [-0.2, -0.15) is 0 Å². The van der Waals surface area contributed by atoms with Gasteiger partial charge in [0.15, 0.2) is 0 Å². The predicted molar refractivity (Wildman–Crippen MR) is 46.6 cm³/mol. The quantitative estimate of drug-likeness (QED) is 0.593. The summed E-state index contributed by atoms with van der Waals surface area (Å²) >= 11 is 0. The second-order valence-corrected chi connectivity index (χ2v) is 3.98. The van der Waals surface area contributed by atoms with E-state index >= 15 is 0 Å². The van der Waals surface area contributed by atoms with E-state index in [-0.39, 0.29) is 0 Å². The molecule has 0 amide bonds. The van der Waals surface area contributed by atoms with E-state index < -0.39 is 0 Å². The fourth-order valence-corrected chi connectivity index (χ4v) is 2.47. The average Bonchev–Trinajstić information content (AvgIpc) is 2.03. The first-order valence-electron chi connectivity index (χ1n) is 4.81. The molecule has 0 aromatic carbocycles. The molecule has 2 atom stereocenters. The van der Waals surface area contributed by atoms with Crippen LogP contribution in [0, 0.1) is 11.8 Å². The van der Waals surface area contributed by atoms with Crippen molar-refractivity contribution in [2.45, 2.75) is 13.3 Å². The summed E-state index contributed by atoms with van der Waals surface area (Å²) in [7, 11) is 0. The molecule has 2 aliphatic rings. The van der Waals surface area contributed by atoms with E-state index in [1.807, 2.05) is 0 Å². The minimum absolute atomic E-state index is 0.947. The molecule has 11 heavy (non-hydrogen) atoms. The van der Waals surface area contributed by atoms with Crippen LogP contribution in [0.2, 0.25) is 0 Å². The third-order valence-corrected chi connectivity index (χ3v) is 3.01. The topological polar surface area (TPSA) is 15.3 Å². The van der Waals surface area contributed by atoms with Gasteiger partial charge in [0, 0.05) is 13.1 Å². The molecule has 0 aliphatic carbocycles. The first-order chi connectivity index (χ1) is 5.38. The summed E-state index contributed by atoms with van der Waals surface area (Å²) in [5.74, 6) is 1.89. The third-order valence-electron chi connectivity index (χ3n) is 3.01. The molecule has 1 N–H and O–H groups in total. The molecular weight excluding hydrogens is 136 g/mol. The fourth-order valence-electron chi connectivity index (χ4n) is 2.47. The number of hydrogen-bond acceptors (Lipinski definition) is 2. The Balaban J connectivity index is 1.94. The van der Waals surface area contributed by atoms with Crippen molar-refractivity contribution >= 4 is 0 Å². The predicted octanol–water partition coefficient (Wildman–Crippen LogP) is 0.548. The average molecular weight is 154 g/mol. The minimum Gasteiger partial charge on any atom is -0.316 e. The third kappa shape index (κ3) is 1.57. The van der Waals surface area contributed by atoms with Gasteiger partial charge < -0.3 is 10.2 Å². The second-order valence-electron chi connectivity index (χ2n) is 3.98. The summed E-state index contributed by atoms with van der Waals surface area (Å²) in [6.07, 6.45) is 1.48. The van der Waals surface area contributed by atoms with Crippen LogP contribution in [-0.2, 0) is 0 Å². The van der Waals surface area contributed by atoms with Crippen molar-refractivity contribution < 1.29 is 0 Å². The summed E-state index contributed by atoms with van der Waals surface area (Å²) < 4.78 is 0. The molecule has 0 aromatic rings. The molecule has 2 saturated heterocycles. The number of nitrogens with one attached hydrogen (secondary N) is 1. The van der Waals surface area contributed by atoms with Crippen LogP contribution in [0.4, 0.5) is 0 Å². The molecule has 0 saturated carbocycles. The number of likely N-dealkylation sites (tertiary alicyclic amines) is 1. The maximum Gasteiger partial charge on any atom is 0.00219 e. The lowest BCUT2D eigenvalue weighted by Crippen LogP contribution is -2.50. The van der Waals surface area contributed by atoms with Gasteiger partial charge in [0.1, 0.15) is 0 Å². The molecule has 64 valence electrons. The zero-order chi connectivity index (χ0) is 7.68. The highest BCUT2D eigenvalue weighted by atomic mass is 15.1. The van der Waals surface area contributed by atoms with E-state index in [2.05, 4.69) is 17.1 Å². The van der Waals surface area contributed by atoms with Crippen molar-refractivity contribution in [1.29, 1.82) is 0 Å². The molecule has 0 spiro atoms. The monoisotopic (exact) mass is 154 g/mol. The van der Waals surface area contributed by atoms with Gasteiger partial charge >= 0.3 is 0 Å². The van der Waals surface area contributed by atoms with Crippen LogP contribution in [0.25, 0.3) is 0 Å². The summed E-state index contributed by atoms with van der Waals surface area (Å²) in [5, 5.41) is 3.50. The molecule has 2 aliphatic heterocycles. The van der Waals surface area contributed by atoms with Crippen molar-refractivity contribution in [2.75, 3.05) is 32.7 Å². The number of piperidine rings is 2. The number of nitrogens with zero attached hydrogens (tertiary/aromatic N) is 1. The zero-order valence-corrected chi connectivity index (χ0v) is 7.34. The van der Waals surface area contributed by atoms with Crippen LogP contribution in [0.3, 0.4) is 0 Å². The number of hydrogen-bond donors (Lipinski definition) is 1. The van der Waals surface area contributed by atoms with Crippen LogP contribution in [0.15, 0.2) is 0 Å². The van der Waals surface area contributed by atoms with Gasteiger partial charge in [-0.05, 0) is 37.9 Å². The maximum absolute atomic E-state index is 3.50. The molecule has 2 nitrogen and oxygen atoms in total. The Labute approximate surface area is 69.0 Å². The van der Waals surface area contributed by atoms with E-state index in [1.165, 1.54) is 39.1 Å². The zero-order valence-electron chi connectivity index (χ0n) is 7.34. The molecule has 0 unspecified atom stereocenters. The first kappa shape index (κ1) is 7.56. The first-order valence-corrected chi connectivity index (χ1v) is 4.81. The lowest BCUT2D eigenvalue weighted by Gasteiger charge is -2.41. The fraction of sp³-hybridized carbons (Fsp3) is 1.00. The maximum atomic E-state index is 3.50. The van der Waals surface area contributed by atoms with Crippen molar-refractivity contribution in [3.8, 4) is 0 Å². The summed E-state index contributed by atoms with van der Waals surface area (Å²) in [4.78, 5) is 2.60. The van der Waals surface area contributed by atoms with Crippen molar-refractivity contribution in [2.24, 2.45) is 11.8 Å². The van der Waals surface area contributed by atoms with E-state index in [9.17, 15) is 0 Å². The Morgan fingerprint density at radius 1 is 1.27 bits per heavy atom. The second kappa shape index (κ2) is 3.11. The highest BCUT2D eigenvalue weighted by Crippen LogP contribution is 2.23. The van der Waals surface area contributed by atoms with Crippen LogP contribution in [0.1, 0.15) is 13.3 Å². The van der Waals surface area contributed by atoms with Gasteiger partial charge in [0.25, 0.3) is 0 Å². The largest absolute Gasteiger partial charge is 0.316 e. The van der Waals surface area contributed by atoms with E-state index in [4.69, 9.17) is 0 Å². The Morgan fingerprint density at radius 2 is 1.91 bits per heavy atom. The normalized spacial score (nSPS) is 39.0. The standard InChI is InChI=1S/C9H18N2/c1-2-11-6-8-3-9(7-11)5-10-4-8/h8-10H,2-7H2,1H3/t8-,9-/m1/s1. The molecule has 2 heteroatoms. The van der Waals surface area contributed by atoms with Gasteiger partial charge in [-0.1, -0.05) is 6.92 Å². The molecular formula is C9H18N2. The van der Waals surface area contributed by atoms with Gasteiger partial charge in [0.05, 0.1) is 0 Å². The molecule has 2 bridgehead atoms. The molecule has 2 heterocycles. The van der Waals surface area contributed by atoms with Crippen molar-refractivity contribution in [3.05, 3.63) is 0 Å². The number of fused-ring (bicyclic) bond motifs is 2. The number of rotatable bonds is 1. The van der Waals surface area contributed by atoms with Crippen LogP contribution in [0.5, 0.6) is 0 Å². The van der Waals surface area contributed by atoms with Gasteiger partial charge in [-0.25, -0.2) is 0 Å². The molecule has 0 radical (unpaired) electrons. The highest BCUT2D eigenvalue weighted by molar-refractivity contribution is 4.84. The lowest BCUT2D eigenvalue weighted by atomic mass is 9.86.